The molecule has 1 aromatic heterocycles. The van der Waals surface area contributed by atoms with Crippen LogP contribution >= 0.6 is 7.60 Å². The first-order valence-corrected chi connectivity index (χ1v) is 16.3. The number of nitrogens with one attached hydrogen (secondary N) is 2. The molecule has 0 saturated carbocycles. The monoisotopic (exact) mass is 631 g/mol. The van der Waals surface area contributed by atoms with E-state index in [1.165, 1.54) is 17.7 Å². The molecule has 5 rings (SSSR count). The average molecular weight is 632 g/mol. The second kappa shape index (κ2) is 12.8. The number of benzene rings is 2. The fourth-order valence-corrected chi connectivity index (χ4v) is 6.45. The molecule has 3 aromatic rings. The number of nitrogens with zero attached hydrogens (tertiary/aromatic N) is 2. The predicted octanol–water partition coefficient (Wildman–Crippen LogP) is 3.20. The van der Waals surface area contributed by atoms with Crippen molar-refractivity contribution in [2.45, 2.75) is 62.8 Å². The number of nitrogens with two attached hydrogens (primary N) is 1. The number of H-pyrrole nitrogens is 1. The van der Waals surface area contributed by atoms with Crippen molar-refractivity contribution >= 4 is 36.2 Å². The van der Waals surface area contributed by atoms with E-state index >= 15 is 0 Å². The number of hydrogen-bond donors (Lipinski definition) is 5. The summed E-state index contributed by atoms with van der Waals surface area (Å²) >= 11 is 0. The maximum absolute atomic E-state index is 14.3. The molecule has 0 radical (unpaired) electrons. The molecule has 1 saturated heterocycles. The molecule has 1 fully saturated rings. The summed E-state index contributed by atoms with van der Waals surface area (Å²) in [6.45, 7) is 1.82. The van der Waals surface area contributed by atoms with Gasteiger partial charge in [-0.1, -0.05) is 30.3 Å². The number of aromatic amines is 1. The average Bonchev–Trinajstić information content (AvgIpc) is 3.66. The Bertz CT molecular complexity index is 1610. The fraction of sp³-hybridized carbons (Fsp3) is 0.433. The first-order valence-electron chi connectivity index (χ1n) is 14.6. The third-order valence-electron chi connectivity index (χ3n) is 8.39. The highest BCUT2D eigenvalue weighted by molar-refractivity contribution is 7.52. The normalized spacial score (nSPS) is 17.9. The minimum Gasteiger partial charge on any atom is -0.351 e. The third-order valence-corrected chi connectivity index (χ3v) is 9.38. The molecule has 2 aromatic carbocycles. The number of hydrogen-bond acceptors (Lipinski definition) is 5. The summed E-state index contributed by atoms with van der Waals surface area (Å²) in [6.07, 6.45) is 3.38. The minimum atomic E-state index is -5.77. The van der Waals surface area contributed by atoms with Crippen molar-refractivity contribution in [1.82, 2.24) is 20.1 Å². The van der Waals surface area contributed by atoms with E-state index in [2.05, 4.69) is 16.4 Å². The number of aromatic nitrogens is 1. The molecule has 6 N–H and O–H groups in total. The SMILES string of the molecule is NCCCCC(NC(=O)c1cc2cc(C(F)(F)P(=O)(O)O)ccc2[nH]1)C(=O)N1CCC[C@H]1C(=O)N1CCc2ccccc2C1. The predicted molar refractivity (Wildman–Crippen MR) is 159 cm³/mol. The van der Waals surface area contributed by atoms with E-state index in [1.807, 2.05) is 18.2 Å². The molecule has 14 heteroatoms. The summed E-state index contributed by atoms with van der Waals surface area (Å²) in [5.74, 6) is -1.15. The van der Waals surface area contributed by atoms with Gasteiger partial charge in [-0.15, -0.1) is 0 Å². The van der Waals surface area contributed by atoms with Crippen LogP contribution in [0.2, 0.25) is 0 Å². The summed E-state index contributed by atoms with van der Waals surface area (Å²) in [4.78, 5) is 65.1. The quantitative estimate of drug-likeness (QED) is 0.169. The summed E-state index contributed by atoms with van der Waals surface area (Å²) in [6, 6.07) is 10.7. The van der Waals surface area contributed by atoms with Crippen molar-refractivity contribution in [1.29, 1.82) is 0 Å². The van der Waals surface area contributed by atoms with Crippen molar-refractivity contribution in [2.24, 2.45) is 5.73 Å². The molecule has 3 amide bonds. The fourth-order valence-electron chi connectivity index (χ4n) is 5.98. The second-order valence-electron chi connectivity index (χ2n) is 11.3. The Morgan fingerprint density at radius 3 is 2.57 bits per heavy atom. The van der Waals surface area contributed by atoms with Gasteiger partial charge in [-0.25, -0.2) is 0 Å². The molecule has 3 heterocycles. The number of rotatable bonds is 10. The zero-order valence-electron chi connectivity index (χ0n) is 24.0. The molecule has 0 spiro atoms. The number of likely N-dealkylation sites (tertiary alicyclic amines) is 1. The van der Waals surface area contributed by atoms with Crippen LogP contribution in [0.15, 0.2) is 48.5 Å². The molecule has 236 valence electrons. The number of halogens is 2. The van der Waals surface area contributed by atoms with Gasteiger partial charge in [0.05, 0.1) is 0 Å². The van der Waals surface area contributed by atoms with Gasteiger partial charge in [0.2, 0.25) is 11.8 Å². The van der Waals surface area contributed by atoms with E-state index in [9.17, 15) is 27.7 Å². The molecule has 2 aliphatic heterocycles. The maximum atomic E-state index is 14.3. The van der Waals surface area contributed by atoms with Gasteiger partial charge in [0.15, 0.2) is 0 Å². The van der Waals surface area contributed by atoms with Crippen LogP contribution in [0.25, 0.3) is 10.9 Å². The minimum absolute atomic E-state index is 0.0192. The molecule has 0 bridgehead atoms. The van der Waals surface area contributed by atoms with Gasteiger partial charge in [0.1, 0.15) is 17.8 Å². The molecule has 2 atom stereocenters. The number of fused-ring (bicyclic) bond motifs is 2. The Morgan fingerprint density at radius 1 is 1.09 bits per heavy atom. The van der Waals surface area contributed by atoms with Crippen molar-refractivity contribution in [3.8, 4) is 0 Å². The van der Waals surface area contributed by atoms with Gasteiger partial charge >= 0.3 is 13.3 Å². The lowest BCUT2D eigenvalue weighted by molar-refractivity contribution is -0.145. The molecular formula is C30H36F2N5O6P. The molecule has 11 nitrogen and oxygen atoms in total. The second-order valence-corrected chi connectivity index (χ2v) is 13.0. The number of alkyl halides is 2. The van der Waals surface area contributed by atoms with Gasteiger partial charge in [-0.3, -0.25) is 18.9 Å². The van der Waals surface area contributed by atoms with Crippen molar-refractivity contribution in [3.63, 3.8) is 0 Å². The van der Waals surface area contributed by atoms with Crippen LogP contribution in [0.1, 0.15) is 59.3 Å². The summed E-state index contributed by atoms with van der Waals surface area (Å²) in [7, 11) is -5.77. The van der Waals surface area contributed by atoms with Gasteiger partial charge in [-0.2, -0.15) is 8.78 Å². The first-order chi connectivity index (χ1) is 20.9. The summed E-state index contributed by atoms with van der Waals surface area (Å²) in [5, 5.41) is 2.89. The number of unbranched alkanes of at least 4 members (excludes halogenated alkanes) is 1. The lowest BCUT2D eigenvalue weighted by Crippen LogP contribution is -2.54. The zero-order chi connectivity index (χ0) is 31.6. The van der Waals surface area contributed by atoms with E-state index in [4.69, 9.17) is 15.5 Å². The number of amides is 3. The lowest BCUT2D eigenvalue weighted by atomic mass is 9.99. The Kier molecular flexibility index (Phi) is 9.22. The standard InChI is InChI=1S/C30H36F2N5O6P/c31-30(32,44(41,42)43)22-10-11-23-21(16-22)17-25(34-23)27(38)35-24(8-3-4-13-33)28(39)37-14-5-9-26(37)29(40)36-15-12-19-6-1-2-7-20(19)18-36/h1-2,6-7,10-11,16-17,24,26,34H,3-5,8-9,12-15,18,33H2,(H,35,38)(H2,41,42,43)/t24?,26-/m0/s1. The van der Waals surface area contributed by atoms with Crippen LogP contribution in [-0.2, 0) is 32.8 Å². The highest BCUT2D eigenvalue weighted by Crippen LogP contribution is 2.59. The van der Waals surface area contributed by atoms with Gasteiger partial charge < -0.3 is 35.6 Å². The van der Waals surface area contributed by atoms with E-state index in [1.54, 1.807) is 9.80 Å². The molecule has 2 aliphatic rings. The Hall–Kier alpha value is -3.64. The highest BCUT2D eigenvalue weighted by Gasteiger charge is 2.50. The highest BCUT2D eigenvalue weighted by atomic mass is 31.2. The van der Waals surface area contributed by atoms with Crippen LogP contribution in [0.3, 0.4) is 0 Å². The van der Waals surface area contributed by atoms with Gasteiger partial charge in [0, 0.05) is 36.1 Å². The smallest absolute Gasteiger partial charge is 0.351 e. The van der Waals surface area contributed by atoms with Crippen LogP contribution in [0.5, 0.6) is 0 Å². The summed E-state index contributed by atoms with van der Waals surface area (Å²) < 4.78 is 39.8. The van der Waals surface area contributed by atoms with E-state index in [0.717, 1.165) is 24.1 Å². The van der Waals surface area contributed by atoms with Crippen molar-refractivity contribution in [3.05, 3.63) is 70.9 Å². The zero-order valence-corrected chi connectivity index (χ0v) is 24.9. The van der Waals surface area contributed by atoms with E-state index in [-0.39, 0.29) is 29.3 Å². The maximum Gasteiger partial charge on any atom is 0.399 e. The topological polar surface area (TPSA) is 169 Å². The van der Waals surface area contributed by atoms with Crippen LogP contribution in [-0.4, -0.2) is 74.0 Å². The lowest BCUT2D eigenvalue weighted by Gasteiger charge is -2.35. The molecule has 1 unspecified atom stereocenters. The van der Waals surface area contributed by atoms with Gasteiger partial charge in [-0.05, 0) is 74.4 Å². The number of carbonyl (C=O) groups excluding carboxylic acids is 3. The molecule has 44 heavy (non-hydrogen) atoms. The van der Waals surface area contributed by atoms with Crippen LogP contribution in [0, 0.1) is 0 Å². The van der Waals surface area contributed by atoms with E-state index < -0.39 is 36.8 Å². The van der Waals surface area contributed by atoms with Crippen LogP contribution in [0.4, 0.5) is 8.78 Å². The number of carbonyl (C=O) groups is 3. The van der Waals surface area contributed by atoms with Crippen molar-refractivity contribution < 1.29 is 37.5 Å². The summed E-state index contributed by atoms with van der Waals surface area (Å²) in [5.41, 5.74) is 2.94. The Morgan fingerprint density at radius 2 is 1.84 bits per heavy atom. The molecular weight excluding hydrogens is 595 g/mol. The third kappa shape index (κ3) is 6.41. The van der Waals surface area contributed by atoms with Gasteiger partial charge in [0.25, 0.3) is 5.91 Å². The Balaban J connectivity index is 1.32. The molecule has 0 aliphatic carbocycles. The van der Waals surface area contributed by atoms with Crippen LogP contribution < -0.4 is 11.1 Å². The first kappa shape index (κ1) is 31.8. The van der Waals surface area contributed by atoms with E-state index in [0.29, 0.717) is 57.4 Å². The Labute approximate surface area is 252 Å². The largest absolute Gasteiger partial charge is 0.399 e. The van der Waals surface area contributed by atoms with Crippen molar-refractivity contribution in [2.75, 3.05) is 19.6 Å².